The number of nitrogens with zero attached hydrogens (tertiary/aromatic N) is 1. The van der Waals surface area contributed by atoms with Crippen LogP contribution in [0.3, 0.4) is 0 Å². The zero-order chi connectivity index (χ0) is 14.8. The van der Waals surface area contributed by atoms with E-state index in [1.807, 2.05) is 6.07 Å². The highest BCUT2D eigenvalue weighted by Crippen LogP contribution is 2.41. The topological polar surface area (TPSA) is 85.6 Å². The molecule has 6 heteroatoms. The fourth-order valence-corrected chi connectivity index (χ4v) is 2.04. The summed E-state index contributed by atoms with van der Waals surface area (Å²) in [7, 11) is 2.37. The van der Waals surface area contributed by atoms with E-state index in [4.69, 9.17) is 9.47 Å². The minimum Gasteiger partial charge on any atom is -0.489 e. The predicted molar refractivity (Wildman–Crippen MR) is 65.9 cm³/mol. The van der Waals surface area contributed by atoms with E-state index >= 15 is 0 Å². The molecule has 0 aliphatic carbocycles. The maximum atomic E-state index is 11.9. The first-order valence-corrected chi connectivity index (χ1v) is 5.68. The van der Waals surface area contributed by atoms with Crippen LogP contribution in [0, 0.1) is 11.3 Å². The van der Waals surface area contributed by atoms with Crippen LogP contribution in [0.25, 0.3) is 0 Å². The SMILES string of the molecule is COC(=O)C1=C(OC)C(=O)OC1(C#N)c1ccccc1. The normalized spacial score (nSPS) is 21.1. The van der Waals surface area contributed by atoms with Crippen molar-refractivity contribution in [1.29, 1.82) is 5.26 Å². The van der Waals surface area contributed by atoms with Crippen LogP contribution in [-0.4, -0.2) is 26.2 Å². The summed E-state index contributed by atoms with van der Waals surface area (Å²) in [6.07, 6.45) is 0. The summed E-state index contributed by atoms with van der Waals surface area (Å²) in [5.74, 6) is -2.04. The van der Waals surface area contributed by atoms with E-state index in [0.29, 0.717) is 5.56 Å². The summed E-state index contributed by atoms with van der Waals surface area (Å²) in [5, 5.41) is 9.49. The number of esters is 2. The average Bonchev–Trinajstić information content (AvgIpc) is 2.80. The Kier molecular flexibility index (Phi) is 3.44. The molecule has 1 aromatic carbocycles. The molecule has 0 aromatic heterocycles. The van der Waals surface area contributed by atoms with Crippen molar-refractivity contribution in [3.8, 4) is 6.07 Å². The van der Waals surface area contributed by atoms with Gasteiger partial charge in [-0.1, -0.05) is 30.3 Å². The number of nitriles is 1. The van der Waals surface area contributed by atoms with Crippen LogP contribution in [0.15, 0.2) is 41.7 Å². The van der Waals surface area contributed by atoms with Gasteiger partial charge in [-0.2, -0.15) is 5.26 Å². The van der Waals surface area contributed by atoms with Gasteiger partial charge in [-0.05, 0) is 0 Å². The number of hydrogen-bond acceptors (Lipinski definition) is 6. The Hall–Kier alpha value is -2.81. The fraction of sp³-hybridized carbons (Fsp3) is 0.214. The monoisotopic (exact) mass is 273 g/mol. The molecule has 0 bridgehead atoms. The molecule has 1 aliphatic heterocycles. The van der Waals surface area contributed by atoms with Gasteiger partial charge in [0, 0.05) is 5.56 Å². The first kappa shape index (κ1) is 13.6. The molecule has 0 saturated carbocycles. The van der Waals surface area contributed by atoms with Crippen molar-refractivity contribution < 1.29 is 23.8 Å². The molecule has 102 valence electrons. The number of methoxy groups -OCH3 is 2. The zero-order valence-corrected chi connectivity index (χ0v) is 10.9. The lowest BCUT2D eigenvalue weighted by atomic mass is 9.87. The molecule has 2 rings (SSSR count). The summed E-state index contributed by atoms with van der Waals surface area (Å²) in [6.45, 7) is 0. The number of rotatable bonds is 3. The van der Waals surface area contributed by atoms with Gasteiger partial charge >= 0.3 is 11.9 Å². The first-order chi connectivity index (χ1) is 9.60. The Balaban J connectivity index is 2.71. The van der Waals surface area contributed by atoms with Crippen LogP contribution >= 0.6 is 0 Å². The number of benzene rings is 1. The molecular weight excluding hydrogens is 262 g/mol. The third-order valence-electron chi connectivity index (χ3n) is 2.94. The number of cyclic esters (lactones) is 1. The summed E-state index contributed by atoms with van der Waals surface area (Å²) < 4.78 is 14.6. The Bertz CT molecular complexity index is 629. The quantitative estimate of drug-likeness (QED) is 0.765. The molecule has 1 unspecified atom stereocenters. The van der Waals surface area contributed by atoms with Gasteiger partial charge in [-0.3, -0.25) is 0 Å². The molecule has 0 N–H and O–H groups in total. The van der Waals surface area contributed by atoms with E-state index in [-0.39, 0.29) is 11.3 Å². The smallest absolute Gasteiger partial charge is 0.376 e. The van der Waals surface area contributed by atoms with Gasteiger partial charge in [0.05, 0.1) is 14.2 Å². The minimum absolute atomic E-state index is 0.249. The maximum Gasteiger partial charge on any atom is 0.376 e. The highest BCUT2D eigenvalue weighted by molar-refractivity contribution is 6.05. The Labute approximate surface area is 115 Å². The lowest BCUT2D eigenvalue weighted by molar-refractivity contribution is -0.147. The molecule has 6 nitrogen and oxygen atoms in total. The Morgan fingerprint density at radius 1 is 1.30 bits per heavy atom. The Morgan fingerprint density at radius 3 is 2.45 bits per heavy atom. The van der Waals surface area contributed by atoms with E-state index in [9.17, 15) is 14.9 Å². The van der Waals surface area contributed by atoms with Crippen molar-refractivity contribution in [3.63, 3.8) is 0 Å². The van der Waals surface area contributed by atoms with Gasteiger partial charge in [-0.25, -0.2) is 9.59 Å². The highest BCUT2D eigenvalue weighted by Gasteiger charge is 2.54. The van der Waals surface area contributed by atoms with Gasteiger partial charge in [0.25, 0.3) is 5.60 Å². The van der Waals surface area contributed by atoms with E-state index in [2.05, 4.69) is 4.74 Å². The standard InChI is InChI=1S/C14H11NO5/c1-18-11-10(12(16)19-2)14(8-15,20-13(11)17)9-6-4-3-5-7-9/h3-7H,1-2H3. The predicted octanol–water partition coefficient (Wildman–Crippen LogP) is 1.04. The molecule has 0 fully saturated rings. The van der Waals surface area contributed by atoms with Crippen molar-refractivity contribution in [3.05, 3.63) is 47.2 Å². The van der Waals surface area contributed by atoms with Crippen LogP contribution in [0.4, 0.5) is 0 Å². The summed E-state index contributed by atoms with van der Waals surface area (Å²) in [5.41, 5.74) is -1.75. The molecule has 0 radical (unpaired) electrons. The minimum atomic E-state index is -1.85. The molecule has 1 aliphatic rings. The molecule has 0 spiro atoms. The number of ether oxygens (including phenoxy) is 3. The van der Waals surface area contributed by atoms with Crippen LogP contribution in [-0.2, 0) is 29.4 Å². The molecular formula is C14H11NO5. The van der Waals surface area contributed by atoms with Crippen LogP contribution < -0.4 is 0 Å². The summed E-state index contributed by atoms with van der Waals surface area (Å²) in [4.78, 5) is 23.8. The van der Waals surface area contributed by atoms with Crippen molar-refractivity contribution >= 4 is 11.9 Å². The molecule has 1 aromatic rings. The summed E-state index contributed by atoms with van der Waals surface area (Å²) >= 11 is 0. The fourth-order valence-electron chi connectivity index (χ4n) is 2.04. The lowest BCUT2D eigenvalue weighted by Gasteiger charge is -2.21. The third kappa shape index (κ3) is 1.80. The second-order valence-corrected chi connectivity index (χ2v) is 3.95. The zero-order valence-electron chi connectivity index (χ0n) is 10.9. The molecule has 1 atom stereocenters. The average molecular weight is 273 g/mol. The van der Waals surface area contributed by atoms with Crippen LogP contribution in [0.1, 0.15) is 5.56 Å². The lowest BCUT2D eigenvalue weighted by Crippen LogP contribution is -2.31. The van der Waals surface area contributed by atoms with E-state index in [0.717, 1.165) is 7.11 Å². The van der Waals surface area contributed by atoms with Gasteiger partial charge in [0.1, 0.15) is 11.6 Å². The van der Waals surface area contributed by atoms with Gasteiger partial charge in [0.2, 0.25) is 5.76 Å². The molecule has 1 heterocycles. The number of carbonyl (C=O) groups is 2. The Morgan fingerprint density at radius 2 is 1.95 bits per heavy atom. The molecule has 0 amide bonds. The second kappa shape index (κ2) is 5.05. The van der Waals surface area contributed by atoms with E-state index in [1.54, 1.807) is 30.3 Å². The highest BCUT2D eigenvalue weighted by atomic mass is 16.6. The van der Waals surface area contributed by atoms with Crippen molar-refractivity contribution in [1.82, 2.24) is 0 Å². The van der Waals surface area contributed by atoms with Crippen molar-refractivity contribution in [2.75, 3.05) is 14.2 Å². The van der Waals surface area contributed by atoms with Crippen molar-refractivity contribution in [2.45, 2.75) is 5.60 Å². The molecule has 20 heavy (non-hydrogen) atoms. The van der Waals surface area contributed by atoms with Crippen molar-refractivity contribution in [2.24, 2.45) is 0 Å². The first-order valence-electron chi connectivity index (χ1n) is 5.68. The summed E-state index contributed by atoms with van der Waals surface area (Å²) in [6, 6.07) is 10.1. The second-order valence-electron chi connectivity index (χ2n) is 3.95. The largest absolute Gasteiger partial charge is 0.489 e. The van der Waals surface area contributed by atoms with Gasteiger partial charge in [-0.15, -0.1) is 0 Å². The molecule has 0 saturated heterocycles. The number of hydrogen-bond donors (Lipinski definition) is 0. The van der Waals surface area contributed by atoms with E-state index < -0.39 is 17.5 Å². The van der Waals surface area contributed by atoms with E-state index in [1.165, 1.54) is 7.11 Å². The van der Waals surface area contributed by atoms with Crippen LogP contribution in [0.5, 0.6) is 0 Å². The van der Waals surface area contributed by atoms with Gasteiger partial charge in [0.15, 0.2) is 0 Å². The van der Waals surface area contributed by atoms with Crippen LogP contribution in [0.2, 0.25) is 0 Å². The maximum absolute atomic E-state index is 11.9. The number of carbonyl (C=O) groups excluding carboxylic acids is 2. The van der Waals surface area contributed by atoms with Gasteiger partial charge < -0.3 is 14.2 Å². The third-order valence-corrected chi connectivity index (χ3v) is 2.94.